The lowest BCUT2D eigenvalue weighted by Gasteiger charge is -2.43. The molecule has 0 aromatic carbocycles. The number of hydrogen-bond acceptors (Lipinski definition) is 4. The molecule has 0 amide bonds. The Kier molecular flexibility index (Phi) is 8.82. The molecule has 0 bridgehead atoms. The second-order valence-electron chi connectivity index (χ2n) is 7.31. The minimum absolute atomic E-state index is 0.368. The van der Waals surface area contributed by atoms with Crippen molar-refractivity contribution < 1.29 is 88.2 Å². The molecule has 0 aromatic rings. The number of ether oxygens (including phenoxy) is 1. The Morgan fingerprint density at radius 3 is 1.30 bits per heavy atom. The van der Waals surface area contributed by atoms with Crippen LogP contribution >= 0.6 is 0 Å². The van der Waals surface area contributed by atoms with Crippen LogP contribution in [-0.4, -0.2) is 67.3 Å². The van der Waals surface area contributed by atoms with Crippen molar-refractivity contribution >= 4 is 16.0 Å². The van der Waals surface area contributed by atoms with Gasteiger partial charge in [-0.25, -0.2) is 17.6 Å². The number of alkyl halides is 16. The maximum absolute atomic E-state index is 14.5. The molecule has 0 rings (SSSR count). The van der Waals surface area contributed by atoms with Crippen molar-refractivity contribution in [3.63, 3.8) is 0 Å². The van der Waals surface area contributed by atoms with Crippen LogP contribution in [-0.2, 0) is 19.6 Å². The molecular weight excluding hydrogens is 594 g/mol. The van der Waals surface area contributed by atoms with E-state index in [0.717, 1.165) is 6.92 Å². The Morgan fingerprint density at radius 2 is 1.00 bits per heavy atom. The zero-order valence-corrected chi connectivity index (χ0v) is 18.7. The second kappa shape index (κ2) is 9.33. The monoisotopic (exact) mass is 607 g/mol. The number of esters is 1. The molecule has 0 aliphatic heterocycles. The molecule has 220 valence electrons. The highest BCUT2D eigenvalue weighted by Gasteiger charge is 2.95. The number of nitrogens with one attached hydrogen (secondary N) is 1. The molecular formula is C15H13F16NO4S. The zero-order valence-electron chi connectivity index (χ0n) is 17.9. The van der Waals surface area contributed by atoms with Gasteiger partial charge in [0.25, 0.3) is 15.0 Å². The topological polar surface area (TPSA) is 72.5 Å². The molecule has 0 spiro atoms. The molecule has 0 aliphatic carbocycles. The van der Waals surface area contributed by atoms with E-state index in [-0.39, 0.29) is 0 Å². The molecule has 22 heteroatoms. The van der Waals surface area contributed by atoms with Crippen LogP contribution in [0.1, 0.15) is 20.8 Å². The molecule has 0 saturated heterocycles. The molecule has 2 atom stereocenters. The van der Waals surface area contributed by atoms with E-state index in [0.29, 0.717) is 11.6 Å². The maximum atomic E-state index is 14.5. The summed E-state index contributed by atoms with van der Waals surface area (Å²) < 4.78 is 241. The van der Waals surface area contributed by atoms with E-state index in [1.54, 1.807) is 0 Å². The third-order valence-electron chi connectivity index (χ3n) is 4.35. The van der Waals surface area contributed by atoms with E-state index in [1.807, 2.05) is 0 Å². The predicted octanol–water partition coefficient (Wildman–Crippen LogP) is 5.43. The smallest absolute Gasteiger partial charge is 0.443 e. The first-order valence-electron chi connectivity index (χ1n) is 8.63. The lowest BCUT2D eigenvalue weighted by molar-refractivity contribution is -0.455. The Morgan fingerprint density at radius 1 is 0.703 bits per heavy atom. The molecule has 0 aromatic heterocycles. The second-order valence-corrected chi connectivity index (χ2v) is 9.32. The average Bonchev–Trinajstić information content (AvgIpc) is 2.65. The third-order valence-corrected chi connectivity index (χ3v) is 6.25. The summed E-state index contributed by atoms with van der Waals surface area (Å²) >= 11 is 0. The van der Waals surface area contributed by atoms with Crippen molar-refractivity contribution in [2.24, 2.45) is 0 Å². The number of halogens is 16. The number of carbonyl (C=O) groups is 1. The molecule has 0 saturated carbocycles. The van der Waals surface area contributed by atoms with Gasteiger partial charge in [0, 0.05) is 5.57 Å². The summed E-state index contributed by atoms with van der Waals surface area (Å²) in [7, 11) is -6.91. The summed E-state index contributed by atoms with van der Waals surface area (Å²) in [5.41, 5.74) is -0.538. The van der Waals surface area contributed by atoms with Crippen molar-refractivity contribution in [1.29, 1.82) is 0 Å². The van der Waals surface area contributed by atoms with Crippen LogP contribution in [0.15, 0.2) is 12.2 Å². The van der Waals surface area contributed by atoms with Gasteiger partial charge in [0.1, 0.15) is 0 Å². The minimum atomic E-state index is -8.73. The Bertz CT molecular complexity index is 1000. The molecule has 2 unspecified atom stereocenters. The molecule has 1 N–H and O–H groups in total. The van der Waals surface area contributed by atoms with E-state index in [4.69, 9.17) is 0 Å². The SMILES string of the molecule is C=C(C)C(=O)OC(C)NS(=O)(=O)C(C)(F)C(F)(F)C(F)(F)C(F)(F)C(F)(F)C(F)(F)C(F)(F)C(F)(F)F. The maximum Gasteiger partial charge on any atom is 0.460 e. The quantitative estimate of drug-likeness (QED) is 0.147. The molecule has 5 nitrogen and oxygen atoms in total. The predicted molar refractivity (Wildman–Crippen MR) is 87.7 cm³/mol. The van der Waals surface area contributed by atoms with E-state index < -0.39 is 81.4 Å². The Labute approximate surface area is 195 Å². The average molecular weight is 607 g/mol. The van der Waals surface area contributed by atoms with Crippen molar-refractivity contribution in [3.05, 3.63) is 12.2 Å². The first-order valence-corrected chi connectivity index (χ1v) is 10.1. The molecule has 0 aliphatic rings. The highest BCUT2D eigenvalue weighted by molar-refractivity contribution is 7.90. The van der Waals surface area contributed by atoms with Gasteiger partial charge in [0.15, 0.2) is 6.23 Å². The lowest BCUT2D eigenvalue weighted by atomic mass is 9.90. The Balaban J connectivity index is 6.76. The molecule has 37 heavy (non-hydrogen) atoms. The summed E-state index contributed by atoms with van der Waals surface area (Å²) in [5, 5.41) is -6.26. The zero-order chi connectivity index (χ0) is 30.6. The molecule has 0 radical (unpaired) electrons. The van der Waals surface area contributed by atoms with Gasteiger partial charge < -0.3 is 4.74 Å². The van der Waals surface area contributed by atoms with Gasteiger partial charge in [-0.3, -0.25) is 0 Å². The van der Waals surface area contributed by atoms with Crippen LogP contribution in [0.5, 0.6) is 0 Å². The van der Waals surface area contributed by atoms with Gasteiger partial charge in [0.2, 0.25) is 0 Å². The Hall–Kier alpha value is -2.00. The standard InChI is InChI=1S/C15H13F16NO4S/c1-5(2)7(33)36-6(3)32-37(34,35)8(4,16)9(17,18)10(19,20)11(21,22)12(23,24)13(25,26)14(27,28)15(29,30)31/h6,32H,1H2,2-4H3. The fourth-order valence-corrected chi connectivity index (χ4v) is 3.20. The molecule has 0 fully saturated rings. The van der Waals surface area contributed by atoms with Gasteiger partial charge in [-0.2, -0.15) is 70.6 Å². The van der Waals surface area contributed by atoms with E-state index in [9.17, 15) is 83.5 Å². The van der Waals surface area contributed by atoms with Crippen molar-refractivity contribution in [2.75, 3.05) is 0 Å². The number of sulfonamides is 1. The van der Waals surface area contributed by atoms with Crippen molar-refractivity contribution in [3.8, 4) is 0 Å². The number of carbonyl (C=O) groups excluding carboxylic acids is 1. The normalized spacial score (nSPS) is 17.7. The summed E-state index contributed by atoms with van der Waals surface area (Å²) in [4.78, 5) is 11.2. The fraction of sp³-hybridized carbons (Fsp3) is 0.800. The van der Waals surface area contributed by atoms with E-state index in [1.165, 1.54) is 0 Å². The van der Waals surface area contributed by atoms with Crippen molar-refractivity contribution in [2.45, 2.75) is 73.7 Å². The van der Waals surface area contributed by atoms with Gasteiger partial charge in [-0.1, -0.05) is 6.58 Å². The third kappa shape index (κ3) is 5.05. The summed E-state index contributed by atoms with van der Waals surface area (Å²) in [6, 6.07) is 0. The van der Waals surface area contributed by atoms with Crippen molar-refractivity contribution in [1.82, 2.24) is 4.72 Å². The lowest BCUT2D eigenvalue weighted by Crippen LogP contribution is -2.75. The largest absolute Gasteiger partial charge is 0.460 e. The van der Waals surface area contributed by atoms with Gasteiger partial charge >= 0.3 is 47.7 Å². The first-order chi connectivity index (χ1) is 15.7. The fourth-order valence-electron chi connectivity index (χ4n) is 2.03. The number of hydrogen-bond donors (Lipinski definition) is 1. The van der Waals surface area contributed by atoms with Crippen LogP contribution in [0.25, 0.3) is 0 Å². The van der Waals surface area contributed by atoms with Crippen LogP contribution < -0.4 is 4.72 Å². The van der Waals surface area contributed by atoms with Gasteiger partial charge in [0.05, 0.1) is 0 Å². The summed E-state index contributed by atoms with van der Waals surface area (Å²) in [6.07, 6.45) is -10.3. The number of rotatable bonds is 11. The van der Waals surface area contributed by atoms with Crippen LogP contribution in [0.3, 0.4) is 0 Å². The van der Waals surface area contributed by atoms with Crippen LogP contribution in [0, 0.1) is 0 Å². The van der Waals surface area contributed by atoms with E-state index in [2.05, 4.69) is 11.3 Å². The van der Waals surface area contributed by atoms with Crippen LogP contribution in [0.2, 0.25) is 0 Å². The first kappa shape index (κ1) is 35.0. The van der Waals surface area contributed by atoms with Crippen LogP contribution in [0.4, 0.5) is 70.2 Å². The molecule has 0 heterocycles. The highest BCUT2D eigenvalue weighted by atomic mass is 32.2. The highest BCUT2D eigenvalue weighted by Crippen LogP contribution is 2.64. The van der Waals surface area contributed by atoms with E-state index >= 15 is 0 Å². The minimum Gasteiger partial charge on any atom is -0.443 e. The summed E-state index contributed by atoms with van der Waals surface area (Å²) in [6.45, 7) is 3.00. The van der Waals surface area contributed by atoms with Gasteiger partial charge in [-0.15, -0.1) is 0 Å². The van der Waals surface area contributed by atoms with Gasteiger partial charge in [-0.05, 0) is 20.8 Å². The summed E-state index contributed by atoms with van der Waals surface area (Å²) in [5.74, 6) is -52.0.